The zero-order valence-electron chi connectivity index (χ0n) is 15.8. The highest BCUT2D eigenvalue weighted by molar-refractivity contribution is 6.33. The van der Waals surface area contributed by atoms with Gasteiger partial charge >= 0.3 is 6.18 Å². The van der Waals surface area contributed by atoms with E-state index >= 15 is 0 Å². The van der Waals surface area contributed by atoms with Gasteiger partial charge in [0.15, 0.2) is 5.76 Å². The van der Waals surface area contributed by atoms with Gasteiger partial charge in [-0.1, -0.05) is 35.9 Å². The summed E-state index contributed by atoms with van der Waals surface area (Å²) in [6, 6.07) is 18.2. The molecule has 31 heavy (non-hydrogen) atoms. The van der Waals surface area contributed by atoms with E-state index in [9.17, 15) is 18.0 Å². The third kappa shape index (κ3) is 4.64. The molecule has 0 aliphatic heterocycles. The van der Waals surface area contributed by atoms with Crippen molar-refractivity contribution >= 4 is 23.5 Å². The lowest BCUT2D eigenvalue weighted by molar-refractivity contribution is -0.137. The average Bonchev–Trinajstić information content (AvgIpc) is 3.42. The fourth-order valence-electron chi connectivity index (χ4n) is 2.96. The molecule has 2 aromatic carbocycles. The van der Waals surface area contributed by atoms with Gasteiger partial charge in [0.05, 0.1) is 10.6 Å². The number of furan rings is 2. The molecular weight excluding hydrogens is 429 g/mol. The standard InChI is InChI=1S/C24H14ClF3O3/c25-19-7-2-1-6-18(19)22-12-13-23(31-22)20(29)10-8-17-9-11-21(30-17)15-4-3-5-16(14-15)24(26,27)28/h1-14H/b10-8+. The maximum atomic E-state index is 12.9. The third-order valence-corrected chi connectivity index (χ3v) is 4.82. The Labute approximate surface area is 180 Å². The van der Waals surface area contributed by atoms with Crippen molar-refractivity contribution in [1.29, 1.82) is 0 Å². The van der Waals surface area contributed by atoms with Crippen molar-refractivity contribution in [3.05, 3.63) is 101 Å². The van der Waals surface area contributed by atoms with Gasteiger partial charge in [-0.3, -0.25) is 4.79 Å². The molecule has 0 amide bonds. The van der Waals surface area contributed by atoms with E-state index in [-0.39, 0.29) is 17.1 Å². The van der Waals surface area contributed by atoms with E-state index in [0.29, 0.717) is 22.1 Å². The molecule has 2 heterocycles. The fourth-order valence-corrected chi connectivity index (χ4v) is 3.19. The molecule has 3 nitrogen and oxygen atoms in total. The molecular formula is C24H14ClF3O3. The number of allylic oxidation sites excluding steroid dienone is 1. The van der Waals surface area contributed by atoms with Crippen LogP contribution in [0.15, 0.2) is 87.7 Å². The van der Waals surface area contributed by atoms with Crippen LogP contribution in [0.4, 0.5) is 13.2 Å². The molecule has 2 aromatic heterocycles. The van der Waals surface area contributed by atoms with Gasteiger partial charge in [0, 0.05) is 11.1 Å². The van der Waals surface area contributed by atoms with Crippen LogP contribution < -0.4 is 0 Å². The van der Waals surface area contributed by atoms with Crippen molar-refractivity contribution in [3.63, 3.8) is 0 Å². The summed E-state index contributed by atoms with van der Waals surface area (Å²) in [6.07, 6.45) is -1.75. The predicted octanol–water partition coefficient (Wildman–Crippen LogP) is 7.77. The largest absolute Gasteiger partial charge is 0.457 e. The zero-order valence-corrected chi connectivity index (χ0v) is 16.6. The molecule has 0 saturated carbocycles. The SMILES string of the molecule is O=C(/C=C/c1ccc(-c2cccc(C(F)(F)F)c2)o1)c1ccc(-c2ccccc2Cl)o1. The number of hydrogen-bond donors (Lipinski definition) is 0. The number of rotatable bonds is 5. The first kappa shape index (κ1) is 20.8. The summed E-state index contributed by atoms with van der Waals surface area (Å²) in [5, 5.41) is 0.504. The van der Waals surface area contributed by atoms with Crippen LogP contribution in [0.25, 0.3) is 28.7 Å². The first-order chi connectivity index (χ1) is 14.8. The van der Waals surface area contributed by atoms with Crippen molar-refractivity contribution in [2.24, 2.45) is 0 Å². The molecule has 0 aliphatic carbocycles. The summed E-state index contributed by atoms with van der Waals surface area (Å²) in [4.78, 5) is 12.4. The second kappa shape index (κ2) is 8.32. The summed E-state index contributed by atoms with van der Waals surface area (Å²) >= 11 is 6.14. The van der Waals surface area contributed by atoms with Crippen LogP contribution in [0.5, 0.6) is 0 Å². The Kier molecular flexibility index (Phi) is 5.57. The van der Waals surface area contributed by atoms with Crippen LogP contribution in [0.2, 0.25) is 5.02 Å². The van der Waals surface area contributed by atoms with E-state index < -0.39 is 17.5 Å². The topological polar surface area (TPSA) is 43.4 Å². The second-order valence-electron chi connectivity index (χ2n) is 6.62. The molecule has 0 bridgehead atoms. The maximum Gasteiger partial charge on any atom is 0.416 e. The highest BCUT2D eigenvalue weighted by Gasteiger charge is 2.30. The number of ketones is 1. The molecule has 0 atom stereocenters. The van der Waals surface area contributed by atoms with Crippen LogP contribution >= 0.6 is 11.6 Å². The normalized spacial score (nSPS) is 11.9. The van der Waals surface area contributed by atoms with Crippen LogP contribution in [-0.2, 0) is 6.18 Å². The number of alkyl halides is 3. The summed E-state index contributed by atoms with van der Waals surface area (Å²) in [7, 11) is 0. The summed E-state index contributed by atoms with van der Waals surface area (Å²) in [5.74, 6) is 0.772. The minimum absolute atomic E-state index is 0.121. The Morgan fingerprint density at radius 1 is 0.871 bits per heavy atom. The van der Waals surface area contributed by atoms with E-state index in [4.69, 9.17) is 20.4 Å². The van der Waals surface area contributed by atoms with E-state index in [1.165, 1.54) is 24.3 Å². The number of carbonyl (C=O) groups is 1. The Bertz CT molecular complexity index is 1260. The van der Waals surface area contributed by atoms with Gasteiger partial charge in [0.25, 0.3) is 0 Å². The quantitative estimate of drug-likeness (QED) is 0.234. The lowest BCUT2D eigenvalue weighted by Crippen LogP contribution is -2.04. The smallest absolute Gasteiger partial charge is 0.416 e. The third-order valence-electron chi connectivity index (χ3n) is 4.49. The van der Waals surface area contributed by atoms with Crippen LogP contribution in [0.1, 0.15) is 21.9 Å². The lowest BCUT2D eigenvalue weighted by Gasteiger charge is -2.07. The van der Waals surface area contributed by atoms with Crippen molar-refractivity contribution in [1.82, 2.24) is 0 Å². The number of halogens is 4. The summed E-state index contributed by atoms with van der Waals surface area (Å²) in [5.41, 5.74) is 0.195. The highest BCUT2D eigenvalue weighted by atomic mass is 35.5. The van der Waals surface area contributed by atoms with Gasteiger partial charge in [-0.25, -0.2) is 0 Å². The molecule has 4 aromatic rings. The maximum absolute atomic E-state index is 12.9. The minimum Gasteiger partial charge on any atom is -0.457 e. The van der Waals surface area contributed by atoms with E-state index in [1.54, 1.807) is 42.5 Å². The van der Waals surface area contributed by atoms with Gasteiger partial charge in [-0.2, -0.15) is 13.2 Å². The zero-order chi connectivity index (χ0) is 22.0. The number of benzene rings is 2. The van der Waals surface area contributed by atoms with Crippen molar-refractivity contribution in [2.45, 2.75) is 6.18 Å². The second-order valence-corrected chi connectivity index (χ2v) is 7.03. The first-order valence-electron chi connectivity index (χ1n) is 9.16. The molecule has 4 rings (SSSR count). The van der Waals surface area contributed by atoms with Crippen molar-refractivity contribution in [3.8, 4) is 22.6 Å². The Balaban J connectivity index is 1.50. The van der Waals surface area contributed by atoms with Gasteiger partial charge < -0.3 is 8.83 Å². The van der Waals surface area contributed by atoms with Gasteiger partial charge in [0.1, 0.15) is 17.3 Å². The van der Waals surface area contributed by atoms with Gasteiger partial charge in [0.2, 0.25) is 5.78 Å². The average molecular weight is 443 g/mol. The van der Waals surface area contributed by atoms with E-state index in [1.807, 2.05) is 6.07 Å². The van der Waals surface area contributed by atoms with Crippen molar-refractivity contribution < 1.29 is 26.8 Å². The number of carbonyl (C=O) groups excluding carboxylic acids is 1. The van der Waals surface area contributed by atoms with Crippen LogP contribution in [0.3, 0.4) is 0 Å². The fraction of sp³-hybridized carbons (Fsp3) is 0.0417. The minimum atomic E-state index is -4.44. The lowest BCUT2D eigenvalue weighted by atomic mass is 10.1. The number of hydrogen-bond acceptors (Lipinski definition) is 3. The van der Waals surface area contributed by atoms with E-state index in [2.05, 4.69) is 0 Å². The van der Waals surface area contributed by atoms with Crippen molar-refractivity contribution in [2.75, 3.05) is 0 Å². The predicted molar refractivity (Wildman–Crippen MR) is 112 cm³/mol. The van der Waals surface area contributed by atoms with Crippen LogP contribution in [0, 0.1) is 0 Å². The molecule has 7 heteroatoms. The Morgan fingerprint density at radius 3 is 2.42 bits per heavy atom. The molecule has 0 saturated heterocycles. The molecule has 0 N–H and O–H groups in total. The molecule has 0 spiro atoms. The van der Waals surface area contributed by atoms with Gasteiger partial charge in [-0.05, 0) is 60.7 Å². The van der Waals surface area contributed by atoms with Crippen LogP contribution in [-0.4, -0.2) is 5.78 Å². The molecule has 0 radical (unpaired) electrons. The molecule has 0 fully saturated rings. The molecule has 0 unspecified atom stereocenters. The highest BCUT2D eigenvalue weighted by Crippen LogP contribution is 2.33. The summed E-state index contributed by atoms with van der Waals surface area (Å²) in [6.45, 7) is 0. The first-order valence-corrected chi connectivity index (χ1v) is 9.54. The Hall–Kier alpha value is -3.51. The molecule has 156 valence electrons. The van der Waals surface area contributed by atoms with Gasteiger partial charge in [-0.15, -0.1) is 0 Å². The molecule has 0 aliphatic rings. The summed E-state index contributed by atoms with van der Waals surface area (Å²) < 4.78 is 49.8. The monoisotopic (exact) mass is 442 g/mol. The van der Waals surface area contributed by atoms with E-state index in [0.717, 1.165) is 12.1 Å². The Morgan fingerprint density at radius 2 is 1.65 bits per heavy atom.